The van der Waals surface area contributed by atoms with Crippen molar-refractivity contribution in [2.24, 2.45) is 0 Å². The third-order valence-corrected chi connectivity index (χ3v) is 6.71. The quantitative estimate of drug-likeness (QED) is 0.0360. The summed E-state index contributed by atoms with van der Waals surface area (Å²) in [6.45, 7) is 16.0. The van der Waals surface area contributed by atoms with Gasteiger partial charge < -0.3 is 44.4 Å². The summed E-state index contributed by atoms with van der Waals surface area (Å²) in [5.41, 5.74) is 2.75. The second-order valence-electron chi connectivity index (χ2n) is 11.6. The minimum absolute atomic E-state index is 0.0598. The van der Waals surface area contributed by atoms with E-state index in [9.17, 15) is 14.4 Å². The van der Waals surface area contributed by atoms with Crippen LogP contribution in [0.4, 0.5) is 34.9 Å². The number of hydrogen-bond acceptors (Lipinski definition) is 15. The Labute approximate surface area is 313 Å². The van der Waals surface area contributed by atoms with Crippen molar-refractivity contribution in [3.05, 3.63) is 109 Å². The molecule has 0 saturated heterocycles. The summed E-state index contributed by atoms with van der Waals surface area (Å²) < 4.78 is 32.5. The Hall–Kier alpha value is -6.90. The Morgan fingerprint density at radius 3 is 1.02 bits per heavy atom. The van der Waals surface area contributed by atoms with Crippen molar-refractivity contribution in [1.82, 2.24) is 15.0 Å². The zero-order chi connectivity index (χ0) is 38.9. The zero-order valence-corrected chi connectivity index (χ0v) is 30.3. The number of hydrogen-bond donors (Lipinski definition) is 3. The molecule has 0 aliphatic rings. The lowest BCUT2D eigenvalue weighted by molar-refractivity contribution is -0.140. The third-order valence-electron chi connectivity index (χ3n) is 6.71. The molecule has 0 aliphatic carbocycles. The highest BCUT2D eigenvalue weighted by Crippen LogP contribution is 2.26. The highest BCUT2D eigenvalue weighted by Gasteiger charge is 2.11. The molecule has 0 spiro atoms. The van der Waals surface area contributed by atoms with Gasteiger partial charge in [0.2, 0.25) is 17.8 Å². The lowest BCUT2D eigenvalue weighted by Gasteiger charge is -2.14. The number of nitrogens with zero attached hydrogens (tertiary/aromatic N) is 3. The van der Waals surface area contributed by atoms with Gasteiger partial charge in [-0.3, -0.25) is 0 Å². The molecule has 3 aromatic carbocycles. The van der Waals surface area contributed by atoms with Gasteiger partial charge in [-0.15, -0.1) is 0 Å². The van der Waals surface area contributed by atoms with E-state index in [4.69, 9.17) is 28.4 Å². The van der Waals surface area contributed by atoms with Gasteiger partial charge >= 0.3 is 17.9 Å². The van der Waals surface area contributed by atoms with E-state index in [2.05, 4.69) is 50.6 Å². The molecule has 0 fully saturated rings. The van der Waals surface area contributed by atoms with Gasteiger partial charge in [0.25, 0.3) is 0 Å². The van der Waals surface area contributed by atoms with Crippen molar-refractivity contribution in [1.29, 1.82) is 0 Å². The maximum atomic E-state index is 11.7. The van der Waals surface area contributed by atoms with Crippen LogP contribution in [0.25, 0.3) is 0 Å². The molecule has 0 bridgehead atoms. The van der Waals surface area contributed by atoms with Gasteiger partial charge in [-0.05, 0) is 57.2 Å². The fraction of sp³-hybridized carbons (Fsp3) is 0.231. The van der Waals surface area contributed by atoms with Crippen LogP contribution in [0.1, 0.15) is 20.8 Å². The third kappa shape index (κ3) is 13.7. The standard InChI is InChI=1S/C39H42N6O9/c1-25(2)34(46)52-19-16-49-31-13-7-10-28(22-31)40-37-43-38(41-29-11-8-14-32(23-29)50-17-20-53-35(47)26(3)4)45-39(44-37)42-30-12-9-15-33(24-30)51-18-21-54-36(48)27(5)6/h7-15,22-24H,1,3,5,16-21H2,2,4,6H3,(H3,40,41,42,43,44,45). The molecule has 282 valence electrons. The Morgan fingerprint density at radius 2 is 0.759 bits per heavy atom. The summed E-state index contributed by atoms with van der Waals surface area (Å²) in [5.74, 6) is 0.694. The number of rotatable bonds is 21. The number of aromatic nitrogens is 3. The van der Waals surface area contributed by atoms with E-state index in [0.717, 1.165) is 0 Å². The Kier molecular flexibility index (Phi) is 14.9. The average molecular weight is 739 g/mol. The molecule has 3 N–H and O–H groups in total. The molecule has 0 radical (unpaired) electrons. The van der Waals surface area contributed by atoms with E-state index < -0.39 is 17.9 Å². The smallest absolute Gasteiger partial charge is 0.333 e. The minimum Gasteiger partial charge on any atom is -0.490 e. The second-order valence-corrected chi connectivity index (χ2v) is 11.6. The van der Waals surface area contributed by atoms with Gasteiger partial charge in [0.1, 0.15) is 56.9 Å². The number of ether oxygens (including phenoxy) is 6. The van der Waals surface area contributed by atoms with E-state index >= 15 is 0 Å². The van der Waals surface area contributed by atoms with Crippen LogP contribution in [-0.2, 0) is 28.6 Å². The topological polar surface area (TPSA) is 181 Å². The van der Waals surface area contributed by atoms with Gasteiger partial charge in [0, 0.05) is 52.0 Å². The van der Waals surface area contributed by atoms with E-state index in [1.165, 1.54) is 0 Å². The molecule has 0 saturated carbocycles. The number of carbonyl (C=O) groups is 3. The number of nitrogens with one attached hydrogen (secondary N) is 3. The van der Waals surface area contributed by atoms with Crippen molar-refractivity contribution < 1.29 is 42.8 Å². The summed E-state index contributed by atoms with van der Waals surface area (Å²) in [6, 6.07) is 21.3. The monoisotopic (exact) mass is 738 g/mol. The number of esters is 3. The van der Waals surface area contributed by atoms with Crippen molar-refractivity contribution in [3.63, 3.8) is 0 Å². The minimum atomic E-state index is -0.487. The first-order valence-corrected chi connectivity index (χ1v) is 16.7. The summed E-state index contributed by atoms with van der Waals surface area (Å²) in [4.78, 5) is 48.7. The summed E-state index contributed by atoms with van der Waals surface area (Å²) in [6.07, 6.45) is 0. The van der Waals surface area contributed by atoms with Crippen molar-refractivity contribution in [3.8, 4) is 17.2 Å². The zero-order valence-electron chi connectivity index (χ0n) is 30.3. The molecule has 0 atom stereocenters. The molecular formula is C39H42N6O9. The maximum absolute atomic E-state index is 11.7. The van der Waals surface area contributed by atoms with Crippen LogP contribution < -0.4 is 30.2 Å². The van der Waals surface area contributed by atoms with Crippen LogP contribution in [0.15, 0.2) is 109 Å². The normalized spacial score (nSPS) is 10.3. The molecule has 4 aromatic rings. The molecule has 0 unspecified atom stereocenters. The summed E-state index contributed by atoms with van der Waals surface area (Å²) in [5, 5.41) is 9.55. The van der Waals surface area contributed by atoms with E-state index in [1.54, 1.807) is 93.6 Å². The first-order valence-electron chi connectivity index (χ1n) is 16.7. The molecular weight excluding hydrogens is 696 g/mol. The Balaban J connectivity index is 1.49. The number of carbonyl (C=O) groups excluding carboxylic acids is 3. The van der Waals surface area contributed by atoms with E-state index in [0.29, 0.717) is 51.0 Å². The van der Waals surface area contributed by atoms with Crippen molar-refractivity contribution >= 4 is 52.8 Å². The summed E-state index contributed by atoms with van der Waals surface area (Å²) >= 11 is 0. The first-order chi connectivity index (χ1) is 25.9. The molecule has 4 rings (SSSR count). The summed E-state index contributed by atoms with van der Waals surface area (Å²) in [7, 11) is 0. The van der Waals surface area contributed by atoms with Crippen LogP contribution >= 0.6 is 0 Å². The first kappa shape index (κ1) is 39.9. The lowest BCUT2D eigenvalue weighted by Crippen LogP contribution is -2.12. The SMILES string of the molecule is C=C(C)C(=O)OCCOc1cccc(Nc2nc(Nc3cccc(OCCOC(=O)C(=C)C)c3)nc(Nc3cccc(OCCOC(=O)C(=C)C)c3)n2)c1. The highest BCUT2D eigenvalue weighted by molar-refractivity contribution is 5.87. The van der Waals surface area contributed by atoms with Crippen molar-refractivity contribution in [2.75, 3.05) is 55.6 Å². The average Bonchev–Trinajstić information content (AvgIpc) is 3.13. The number of benzene rings is 3. The van der Waals surface area contributed by atoms with Gasteiger partial charge in [0.15, 0.2) is 0 Å². The van der Waals surface area contributed by atoms with Crippen LogP contribution in [0, 0.1) is 0 Å². The van der Waals surface area contributed by atoms with Gasteiger partial charge in [-0.1, -0.05) is 37.9 Å². The predicted octanol–water partition coefficient (Wildman–Crippen LogP) is 6.60. The number of anilines is 6. The fourth-order valence-electron chi connectivity index (χ4n) is 4.17. The molecule has 0 aliphatic heterocycles. The lowest BCUT2D eigenvalue weighted by atomic mass is 10.3. The molecule has 54 heavy (non-hydrogen) atoms. The molecule has 15 nitrogen and oxygen atoms in total. The Morgan fingerprint density at radius 1 is 0.481 bits per heavy atom. The van der Waals surface area contributed by atoms with Gasteiger partial charge in [-0.25, -0.2) is 14.4 Å². The van der Waals surface area contributed by atoms with Gasteiger partial charge in [-0.2, -0.15) is 15.0 Å². The predicted molar refractivity (Wildman–Crippen MR) is 203 cm³/mol. The largest absolute Gasteiger partial charge is 0.490 e. The second kappa shape index (κ2) is 20.2. The molecule has 1 heterocycles. The van der Waals surface area contributed by atoms with Crippen LogP contribution in [0.5, 0.6) is 17.2 Å². The molecule has 15 heteroatoms. The fourth-order valence-corrected chi connectivity index (χ4v) is 4.17. The van der Waals surface area contributed by atoms with E-state index in [-0.39, 0.29) is 57.5 Å². The molecule has 1 aromatic heterocycles. The van der Waals surface area contributed by atoms with Crippen molar-refractivity contribution in [2.45, 2.75) is 20.8 Å². The van der Waals surface area contributed by atoms with Crippen LogP contribution in [0.3, 0.4) is 0 Å². The van der Waals surface area contributed by atoms with E-state index in [1.807, 2.05) is 0 Å². The van der Waals surface area contributed by atoms with Crippen LogP contribution in [-0.4, -0.2) is 72.5 Å². The molecule has 0 amide bonds. The van der Waals surface area contributed by atoms with Crippen LogP contribution in [0.2, 0.25) is 0 Å². The van der Waals surface area contributed by atoms with Gasteiger partial charge in [0.05, 0.1) is 0 Å². The maximum Gasteiger partial charge on any atom is 0.333 e. The Bertz CT molecular complexity index is 1750. The highest BCUT2D eigenvalue weighted by atomic mass is 16.6.